The molecule has 7 heteroatoms. The minimum absolute atomic E-state index is 0.263. The van der Waals surface area contributed by atoms with Crippen LogP contribution in [0.25, 0.3) is 11.0 Å². The largest absolute Gasteiger partial charge is 0.326 e. The maximum Gasteiger partial charge on any atom is 0.177 e. The molecule has 0 radical (unpaired) electrons. The van der Waals surface area contributed by atoms with Gasteiger partial charge in [0.1, 0.15) is 11.3 Å². The number of thioether (sulfide) groups is 1. The first-order valence-corrected chi connectivity index (χ1v) is 9.54. The van der Waals surface area contributed by atoms with Crippen LogP contribution in [-0.4, -0.2) is 36.2 Å². The second-order valence-electron chi connectivity index (χ2n) is 4.20. The zero-order valence-electron chi connectivity index (χ0n) is 10.8. The summed E-state index contributed by atoms with van der Waals surface area (Å²) >= 11 is 7.64. The predicted octanol–water partition coefficient (Wildman–Crippen LogP) is 2.54. The number of aromatic nitrogens is 2. The predicted molar refractivity (Wildman–Crippen MR) is 80.8 cm³/mol. The van der Waals surface area contributed by atoms with Crippen LogP contribution in [0.4, 0.5) is 0 Å². The lowest BCUT2D eigenvalue weighted by Crippen LogP contribution is -2.04. The Balaban J connectivity index is 2.69. The van der Waals surface area contributed by atoms with Gasteiger partial charge < -0.3 is 4.57 Å². The third-order valence-electron chi connectivity index (χ3n) is 2.86. The van der Waals surface area contributed by atoms with E-state index >= 15 is 0 Å². The van der Waals surface area contributed by atoms with Crippen LogP contribution in [0.3, 0.4) is 0 Å². The van der Waals surface area contributed by atoms with Crippen molar-refractivity contribution >= 4 is 44.2 Å². The quantitative estimate of drug-likeness (QED) is 0.795. The van der Waals surface area contributed by atoms with Crippen molar-refractivity contribution < 1.29 is 8.42 Å². The second kappa shape index (κ2) is 5.73. The fourth-order valence-corrected chi connectivity index (χ4v) is 3.40. The summed E-state index contributed by atoms with van der Waals surface area (Å²) in [7, 11) is -3.29. The van der Waals surface area contributed by atoms with Crippen molar-refractivity contribution in [2.45, 2.75) is 17.3 Å². The summed E-state index contributed by atoms with van der Waals surface area (Å²) in [6.45, 7) is 0.771. The Morgan fingerprint density at radius 3 is 2.74 bits per heavy atom. The van der Waals surface area contributed by atoms with Crippen molar-refractivity contribution in [3.8, 4) is 0 Å². The molecular weight excluding hydrogens is 304 g/mol. The zero-order valence-corrected chi connectivity index (χ0v) is 13.1. The fraction of sp³-hybridized carbons (Fsp3) is 0.417. The number of rotatable bonds is 5. The molecule has 0 aliphatic heterocycles. The first-order chi connectivity index (χ1) is 8.99. The maximum atomic E-state index is 11.8. The average molecular weight is 319 g/mol. The molecule has 0 spiro atoms. The SMILES string of the molecule is CSCCn1c(CCl)nc2c(S(C)(=O)=O)cccc21. The molecule has 0 saturated carbocycles. The Bertz CT molecular complexity index is 695. The van der Waals surface area contributed by atoms with E-state index in [0.29, 0.717) is 11.3 Å². The number of benzene rings is 1. The summed E-state index contributed by atoms with van der Waals surface area (Å²) in [5.41, 5.74) is 1.34. The highest BCUT2D eigenvalue weighted by atomic mass is 35.5. The van der Waals surface area contributed by atoms with Crippen LogP contribution < -0.4 is 0 Å². The second-order valence-corrected chi connectivity index (χ2v) is 7.44. The fourth-order valence-electron chi connectivity index (χ4n) is 2.00. The molecule has 0 saturated heterocycles. The molecule has 1 aromatic heterocycles. The number of para-hydroxylation sites is 1. The monoisotopic (exact) mass is 318 g/mol. The Morgan fingerprint density at radius 2 is 2.16 bits per heavy atom. The normalized spacial score (nSPS) is 12.2. The average Bonchev–Trinajstić information content (AvgIpc) is 2.72. The minimum Gasteiger partial charge on any atom is -0.326 e. The third-order valence-corrected chi connectivity index (χ3v) is 4.82. The highest BCUT2D eigenvalue weighted by Gasteiger charge is 2.17. The number of hydrogen-bond acceptors (Lipinski definition) is 4. The van der Waals surface area contributed by atoms with Crippen LogP contribution >= 0.6 is 23.4 Å². The molecule has 1 aromatic carbocycles. The van der Waals surface area contributed by atoms with Crippen LogP contribution in [0.5, 0.6) is 0 Å². The van der Waals surface area contributed by atoms with E-state index in [4.69, 9.17) is 11.6 Å². The van der Waals surface area contributed by atoms with Crippen molar-refractivity contribution in [2.75, 3.05) is 18.3 Å². The van der Waals surface area contributed by atoms with Gasteiger partial charge in [0, 0.05) is 18.6 Å². The van der Waals surface area contributed by atoms with Gasteiger partial charge in [0.05, 0.1) is 16.3 Å². The Morgan fingerprint density at radius 1 is 1.42 bits per heavy atom. The van der Waals surface area contributed by atoms with E-state index in [-0.39, 0.29) is 10.8 Å². The topological polar surface area (TPSA) is 52.0 Å². The molecule has 19 heavy (non-hydrogen) atoms. The molecule has 0 fully saturated rings. The van der Waals surface area contributed by atoms with Crippen LogP contribution in [0.15, 0.2) is 23.1 Å². The lowest BCUT2D eigenvalue weighted by atomic mass is 10.3. The highest BCUT2D eigenvalue weighted by molar-refractivity contribution is 7.98. The van der Waals surface area contributed by atoms with Crippen molar-refractivity contribution in [1.29, 1.82) is 0 Å². The third kappa shape index (κ3) is 2.90. The number of alkyl halides is 1. The van der Waals surface area contributed by atoms with Crippen LogP contribution in [0.1, 0.15) is 5.82 Å². The van der Waals surface area contributed by atoms with E-state index in [1.165, 1.54) is 6.26 Å². The summed E-state index contributed by atoms with van der Waals surface area (Å²) in [5, 5.41) is 0. The molecule has 104 valence electrons. The van der Waals surface area contributed by atoms with Gasteiger partial charge in [0.15, 0.2) is 9.84 Å². The van der Waals surface area contributed by atoms with Gasteiger partial charge in [0.25, 0.3) is 0 Å². The van der Waals surface area contributed by atoms with Gasteiger partial charge in [-0.3, -0.25) is 0 Å². The molecule has 2 rings (SSSR count). The van der Waals surface area contributed by atoms with Gasteiger partial charge >= 0.3 is 0 Å². The van der Waals surface area contributed by atoms with Gasteiger partial charge in [-0.05, 0) is 18.4 Å². The lowest BCUT2D eigenvalue weighted by molar-refractivity contribution is 0.602. The first-order valence-electron chi connectivity index (χ1n) is 5.72. The number of imidazole rings is 1. The van der Waals surface area contributed by atoms with Crippen LogP contribution in [-0.2, 0) is 22.3 Å². The number of aryl methyl sites for hydroxylation is 1. The summed E-state index contributed by atoms with van der Waals surface area (Å²) in [6.07, 6.45) is 3.23. The highest BCUT2D eigenvalue weighted by Crippen LogP contribution is 2.24. The Kier molecular flexibility index (Phi) is 4.43. The summed E-state index contributed by atoms with van der Waals surface area (Å²) < 4.78 is 25.6. The molecule has 0 amide bonds. The van der Waals surface area contributed by atoms with E-state index in [0.717, 1.165) is 17.8 Å². The molecule has 0 aliphatic carbocycles. The summed E-state index contributed by atoms with van der Waals surface area (Å²) in [5.74, 6) is 1.91. The molecule has 4 nitrogen and oxygen atoms in total. The van der Waals surface area contributed by atoms with Crippen molar-refractivity contribution in [2.24, 2.45) is 0 Å². The lowest BCUT2D eigenvalue weighted by Gasteiger charge is -2.06. The molecular formula is C12H15ClN2O2S2. The number of sulfone groups is 1. The smallest absolute Gasteiger partial charge is 0.177 e. The standard InChI is InChI=1S/C12H15ClN2O2S2/c1-18-7-6-15-9-4-3-5-10(19(2,16)17)12(9)14-11(15)8-13/h3-5H,6-8H2,1-2H3. The van der Waals surface area contributed by atoms with Crippen molar-refractivity contribution in [3.63, 3.8) is 0 Å². The zero-order chi connectivity index (χ0) is 14.0. The maximum absolute atomic E-state index is 11.8. The first kappa shape index (κ1) is 14.7. The molecule has 2 aromatic rings. The van der Waals surface area contributed by atoms with Crippen LogP contribution in [0.2, 0.25) is 0 Å². The number of halogens is 1. The van der Waals surface area contributed by atoms with Gasteiger partial charge in [0.2, 0.25) is 0 Å². The van der Waals surface area contributed by atoms with Gasteiger partial charge in [-0.15, -0.1) is 11.6 Å². The van der Waals surface area contributed by atoms with E-state index in [1.807, 2.05) is 16.9 Å². The number of hydrogen-bond donors (Lipinski definition) is 0. The summed E-state index contributed by atoms with van der Waals surface area (Å²) in [4.78, 5) is 4.66. The molecule has 0 unspecified atom stereocenters. The molecule has 1 heterocycles. The molecule has 0 bridgehead atoms. The van der Waals surface area contributed by atoms with Crippen LogP contribution in [0, 0.1) is 0 Å². The van der Waals surface area contributed by atoms with Crippen molar-refractivity contribution in [3.05, 3.63) is 24.0 Å². The Hall–Kier alpha value is -0.720. The molecule has 0 aliphatic rings. The summed E-state index contributed by atoms with van der Waals surface area (Å²) in [6, 6.07) is 5.21. The van der Waals surface area contributed by atoms with Crippen molar-refractivity contribution in [1.82, 2.24) is 9.55 Å². The van der Waals surface area contributed by atoms with E-state index < -0.39 is 9.84 Å². The number of fused-ring (bicyclic) bond motifs is 1. The van der Waals surface area contributed by atoms with E-state index in [2.05, 4.69) is 4.98 Å². The van der Waals surface area contributed by atoms with Gasteiger partial charge in [-0.1, -0.05) is 6.07 Å². The minimum atomic E-state index is -3.29. The molecule has 0 N–H and O–H groups in total. The van der Waals surface area contributed by atoms with E-state index in [9.17, 15) is 8.42 Å². The van der Waals surface area contributed by atoms with Gasteiger partial charge in [-0.25, -0.2) is 13.4 Å². The number of nitrogens with zero attached hydrogens (tertiary/aromatic N) is 2. The molecule has 0 atom stereocenters. The van der Waals surface area contributed by atoms with Gasteiger partial charge in [-0.2, -0.15) is 11.8 Å². The Labute approximate surface area is 122 Å². The van der Waals surface area contributed by atoms with E-state index in [1.54, 1.807) is 23.9 Å².